The summed E-state index contributed by atoms with van der Waals surface area (Å²) in [5, 5.41) is 8.59. The maximum Gasteiger partial charge on any atom is 0.281 e. The van der Waals surface area contributed by atoms with E-state index in [0.29, 0.717) is 35.8 Å². The van der Waals surface area contributed by atoms with E-state index in [1.165, 1.54) is 0 Å². The summed E-state index contributed by atoms with van der Waals surface area (Å²) in [5.74, 6) is 0.190. The van der Waals surface area contributed by atoms with Gasteiger partial charge in [-0.05, 0) is 60.1 Å². The molecule has 0 unspecified atom stereocenters. The molecule has 214 valence electrons. The highest BCUT2D eigenvalue weighted by molar-refractivity contribution is 6.30. The van der Waals surface area contributed by atoms with E-state index in [1.54, 1.807) is 16.9 Å². The highest BCUT2D eigenvalue weighted by atomic mass is 35.5. The quantitative estimate of drug-likeness (QED) is 0.294. The number of pyridine rings is 1. The van der Waals surface area contributed by atoms with Crippen LogP contribution in [0.15, 0.2) is 65.7 Å². The van der Waals surface area contributed by atoms with Crippen LogP contribution in [0.2, 0.25) is 5.02 Å². The van der Waals surface area contributed by atoms with Gasteiger partial charge in [0.2, 0.25) is 0 Å². The van der Waals surface area contributed by atoms with Crippen LogP contribution in [0.1, 0.15) is 54.9 Å². The molecule has 4 aromatic rings. The number of hydrogen-bond donors (Lipinski definition) is 1. The molecule has 1 saturated heterocycles. The van der Waals surface area contributed by atoms with Gasteiger partial charge in [-0.2, -0.15) is 5.10 Å². The SMILES string of the molecule is CCc1cccc(CC)c1-n1c(CC(C)C)c(C(=O)N2CCNCC2)cc(-n2cc(-c3ccc(Cl)cc3)cn2)c1=O. The number of nitrogens with zero attached hydrogens (tertiary/aromatic N) is 4. The minimum absolute atomic E-state index is 0.0470. The van der Waals surface area contributed by atoms with Crippen molar-refractivity contribution >= 4 is 17.5 Å². The zero-order valence-electron chi connectivity index (χ0n) is 24.3. The van der Waals surface area contributed by atoms with Gasteiger partial charge < -0.3 is 10.2 Å². The average Bonchev–Trinajstić information content (AvgIpc) is 3.47. The Morgan fingerprint density at radius 1 is 1.00 bits per heavy atom. The van der Waals surface area contributed by atoms with Crippen molar-refractivity contribution in [3.05, 3.63) is 98.7 Å². The highest BCUT2D eigenvalue weighted by Crippen LogP contribution is 2.28. The Balaban J connectivity index is 1.80. The van der Waals surface area contributed by atoms with Gasteiger partial charge in [0.1, 0.15) is 5.69 Å². The number of aromatic nitrogens is 3. The summed E-state index contributed by atoms with van der Waals surface area (Å²) < 4.78 is 3.43. The summed E-state index contributed by atoms with van der Waals surface area (Å²) in [6, 6.07) is 15.5. The number of benzene rings is 2. The van der Waals surface area contributed by atoms with Crippen LogP contribution in [-0.2, 0) is 19.3 Å². The first-order valence-corrected chi connectivity index (χ1v) is 14.9. The van der Waals surface area contributed by atoms with Crippen LogP contribution in [0.25, 0.3) is 22.5 Å². The van der Waals surface area contributed by atoms with Gasteiger partial charge in [-0.3, -0.25) is 14.2 Å². The van der Waals surface area contributed by atoms with Crippen molar-refractivity contribution in [3.63, 3.8) is 0 Å². The summed E-state index contributed by atoms with van der Waals surface area (Å²) in [4.78, 5) is 30.7. The van der Waals surface area contributed by atoms with Gasteiger partial charge in [0.15, 0.2) is 0 Å². The molecule has 7 nitrogen and oxygen atoms in total. The van der Waals surface area contributed by atoms with E-state index in [2.05, 4.69) is 56.3 Å². The van der Waals surface area contributed by atoms with Crippen LogP contribution in [-0.4, -0.2) is 51.3 Å². The second-order valence-corrected chi connectivity index (χ2v) is 11.4. The summed E-state index contributed by atoms with van der Waals surface area (Å²) in [6.45, 7) is 11.2. The molecular formula is C33H38ClN5O2. The molecule has 1 aliphatic rings. The molecule has 0 spiro atoms. The van der Waals surface area contributed by atoms with Crippen LogP contribution in [0.4, 0.5) is 0 Å². The van der Waals surface area contributed by atoms with E-state index in [1.807, 2.05) is 39.9 Å². The fourth-order valence-electron chi connectivity index (χ4n) is 5.60. The van der Waals surface area contributed by atoms with Gasteiger partial charge in [-0.15, -0.1) is 0 Å². The second-order valence-electron chi connectivity index (χ2n) is 11.0. The molecule has 1 N–H and O–H groups in total. The number of amides is 1. The lowest BCUT2D eigenvalue weighted by molar-refractivity contribution is 0.0733. The predicted molar refractivity (Wildman–Crippen MR) is 166 cm³/mol. The smallest absolute Gasteiger partial charge is 0.281 e. The lowest BCUT2D eigenvalue weighted by Gasteiger charge is -2.30. The number of aryl methyl sites for hydroxylation is 2. The van der Waals surface area contributed by atoms with E-state index < -0.39 is 0 Å². The van der Waals surface area contributed by atoms with Crippen LogP contribution in [0, 0.1) is 5.92 Å². The Morgan fingerprint density at radius 2 is 1.66 bits per heavy atom. The topological polar surface area (TPSA) is 72.2 Å². The molecule has 8 heteroatoms. The molecule has 1 aliphatic heterocycles. The highest BCUT2D eigenvalue weighted by Gasteiger charge is 2.28. The molecule has 0 aliphatic carbocycles. The van der Waals surface area contributed by atoms with Crippen LogP contribution < -0.4 is 10.9 Å². The summed E-state index contributed by atoms with van der Waals surface area (Å²) in [5.41, 5.74) is 6.34. The third-order valence-corrected chi connectivity index (χ3v) is 7.97. The van der Waals surface area contributed by atoms with Crippen LogP contribution in [0.3, 0.4) is 0 Å². The molecule has 0 atom stereocenters. The first kappa shape index (κ1) is 28.8. The Hall–Kier alpha value is -3.68. The molecule has 41 heavy (non-hydrogen) atoms. The number of para-hydroxylation sites is 1. The number of halogens is 1. The molecule has 2 aromatic heterocycles. The predicted octanol–water partition coefficient (Wildman–Crippen LogP) is 5.71. The normalized spacial score (nSPS) is 13.7. The monoisotopic (exact) mass is 571 g/mol. The third kappa shape index (κ3) is 5.88. The van der Waals surface area contributed by atoms with Gasteiger partial charge in [0, 0.05) is 48.7 Å². The van der Waals surface area contributed by atoms with Crippen molar-refractivity contribution in [3.8, 4) is 22.5 Å². The molecule has 2 aromatic carbocycles. The minimum Gasteiger partial charge on any atom is -0.336 e. The Bertz CT molecular complexity index is 1570. The number of rotatable bonds is 8. The van der Waals surface area contributed by atoms with Gasteiger partial charge in [0.25, 0.3) is 11.5 Å². The first-order valence-electron chi connectivity index (χ1n) is 14.5. The summed E-state index contributed by atoms with van der Waals surface area (Å²) in [7, 11) is 0. The second kappa shape index (κ2) is 12.5. The molecule has 5 rings (SSSR count). The Labute approximate surface area is 246 Å². The molecule has 1 fully saturated rings. The maximum atomic E-state index is 14.6. The van der Waals surface area contributed by atoms with Crippen molar-refractivity contribution in [1.82, 2.24) is 24.6 Å². The maximum absolute atomic E-state index is 14.6. The van der Waals surface area contributed by atoms with Gasteiger partial charge >= 0.3 is 0 Å². The standard InChI is InChI=1S/C33H38ClN5O2/c1-5-23-8-7-9-24(6-2)31(23)39-29(18-22(3)4)28(32(40)37-16-14-35-15-17-37)19-30(33(39)41)38-21-26(20-36-38)25-10-12-27(34)13-11-25/h7-13,19-22,35H,5-6,14-18H2,1-4H3. The van der Waals surface area contributed by atoms with Crippen LogP contribution in [0.5, 0.6) is 0 Å². The van der Waals surface area contributed by atoms with E-state index in [9.17, 15) is 9.59 Å². The van der Waals surface area contributed by atoms with E-state index in [0.717, 1.165) is 59.6 Å². The lowest BCUT2D eigenvalue weighted by atomic mass is 9.97. The van der Waals surface area contributed by atoms with E-state index in [-0.39, 0.29) is 17.4 Å². The Kier molecular flexibility index (Phi) is 8.76. The first-order chi connectivity index (χ1) is 19.8. The molecule has 3 heterocycles. The zero-order chi connectivity index (χ0) is 29.1. The van der Waals surface area contributed by atoms with Crippen LogP contribution >= 0.6 is 11.6 Å². The largest absolute Gasteiger partial charge is 0.336 e. The average molecular weight is 572 g/mol. The number of hydrogen-bond acceptors (Lipinski definition) is 4. The number of nitrogens with one attached hydrogen (secondary N) is 1. The van der Waals surface area contributed by atoms with Crippen molar-refractivity contribution in [2.24, 2.45) is 5.92 Å². The van der Waals surface area contributed by atoms with Crippen molar-refractivity contribution in [1.29, 1.82) is 0 Å². The minimum atomic E-state index is -0.182. The Morgan fingerprint density at radius 3 is 2.27 bits per heavy atom. The molecule has 0 saturated carbocycles. The van der Waals surface area contributed by atoms with Gasteiger partial charge in [-0.1, -0.05) is 69.6 Å². The van der Waals surface area contributed by atoms with E-state index in [4.69, 9.17) is 11.6 Å². The number of carbonyl (C=O) groups is 1. The fourth-order valence-corrected chi connectivity index (χ4v) is 5.73. The molecule has 0 radical (unpaired) electrons. The number of piperazine rings is 1. The van der Waals surface area contributed by atoms with E-state index >= 15 is 0 Å². The fraction of sp³-hybridized carbons (Fsp3) is 0.364. The third-order valence-electron chi connectivity index (χ3n) is 7.72. The zero-order valence-corrected chi connectivity index (χ0v) is 25.0. The van der Waals surface area contributed by atoms with Gasteiger partial charge in [0.05, 0.1) is 17.4 Å². The van der Waals surface area contributed by atoms with Crippen molar-refractivity contribution in [2.45, 2.75) is 47.0 Å². The number of carbonyl (C=O) groups excluding carboxylic acids is 1. The van der Waals surface area contributed by atoms with Crippen molar-refractivity contribution < 1.29 is 4.79 Å². The van der Waals surface area contributed by atoms with Gasteiger partial charge in [-0.25, -0.2) is 4.68 Å². The molecule has 1 amide bonds. The molecule has 0 bridgehead atoms. The lowest BCUT2D eigenvalue weighted by Crippen LogP contribution is -2.47. The molecular weight excluding hydrogens is 534 g/mol. The summed E-state index contributed by atoms with van der Waals surface area (Å²) >= 11 is 6.10. The summed E-state index contributed by atoms with van der Waals surface area (Å²) in [6.07, 6.45) is 5.72. The van der Waals surface area contributed by atoms with Crippen molar-refractivity contribution in [2.75, 3.05) is 26.2 Å².